The van der Waals surface area contributed by atoms with E-state index in [1.165, 1.54) is 12.5 Å². The van der Waals surface area contributed by atoms with E-state index in [0.29, 0.717) is 27.6 Å². The molecule has 0 unspecified atom stereocenters. The minimum absolute atomic E-state index is 0.287. The largest absolute Gasteiger partial charge is 0.463 e. The van der Waals surface area contributed by atoms with Crippen LogP contribution in [0, 0.1) is 0 Å². The molecule has 4 aromatic heterocycles. The highest BCUT2D eigenvalue weighted by atomic mass is 32.1. The first-order chi connectivity index (χ1) is 13.2. The number of pyridine rings is 2. The van der Waals surface area contributed by atoms with E-state index in [-0.39, 0.29) is 16.8 Å². The van der Waals surface area contributed by atoms with Gasteiger partial charge >= 0.3 is 0 Å². The van der Waals surface area contributed by atoms with Crippen LogP contribution in [0.15, 0.2) is 71.7 Å². The molecule has 4 aromatic rings. The molecule has 0 bridgehead atoms. The number of hydrogen-bond acceptors (Lipinski definition) is 7. The molecule has 0 aromatic carbocycles. The molecule has 132 valence electrons. The lowest BCUT2D eigenvalue weighted by molar-refractivity contribution is 0.102. The Balaban J connectivity index is 1.70. The Morgan fingerprint density at radius 2 is 1.96 bits per heavy atom. The summed E-state index contributed by atoms with van der Waals surface area (Å²) in [6.07, 6.45) is 6.08. The molecule has 0 saturated heterocycles. The molecule has 7 nitrogen and oxygen atoms in total. The minimum atomic E-state index is -0.361. The summed E-state index contributed by atoms with van der Waals surface area (Å²) in [5.41, 5.74) is 1.05. The van der Waals surface area contributed by atoms with Crippen LogP contribution in [0.25, 0.3) is 11.5 Å². The number of carbonyl (C=O) groups is 2. The number of ketones is 1. The van der Waals surface area contributed by atoms with E-state index in [1.54, 1.807) is 54.9 Å². The third-order valence-electron chi connectivity index (χ3n) is 3.63. The van der Waals surface area contributed by atoms with Gasteiger partial charge in [0.1, 0.15) is 16.3 Å². The normalized spacial score (nSPS) is 10.5. The molecular formula is C19H12N4O3S. The zero-order valence-corrected chi connectivity index (χ0v) is 14.6. The van der Waals surface area contributed by atoms with Gasteiger partial charge in [-0.2, -0.15) is 0 Å². The molecule has 0 aliphatic heterocycles. The van der Waals surface area contributed by atoms with Gasteiger partial charge < -0.3 is 4.42 Å². The fourth-order valence-corrected chi connectivity index (χ4v) is 3.30. The summed E-state index contributed by atoms with van der Waals surface area (Å²) in [7, 11) is 0. The molecule has 0 fully saturated rings. The molecule has 27 heavy (non-hydrogen) atoms. The molecular weight excluding hydrogens is 364 g/mol. The quantitative estimate of drug-likeness (QED) is 0.534. The second kappa shape index (κ2) is 7.30. The fraction of sp³-hybridized carbons (Fsp3) is 0. The first kappa shape index (κ1) is 16.8. The summed E-state index contributed by atoms with van der Waals surface area (Å²) >= 11 is 1.07. The number of carbonyl (C=O) groups excluding carboxylic acids is 2. The number of amides is 1. The number of furan rings is 1. The van der Waals surface area contributed by atoms with Gasteiger partial charge in [-0.05, 0) is 36.4 Å². The van der Waals surface area contributed by atoms with Crippen molar-refractivity contribution in [2.45, 2.75) is 0 Å². The highest BCUT2D eigenvalue weighted by Crippen LogP contribution is 2.33. The standard InChI is InChI=1S/C19H12N4O3S/c24-16(13-6-1-2-9-21-13)17-15(14-7-4-10-26-14)22-19(27-17)23-18(25)12-5-3-8-20-11-12/h1-11H,(H,22,23,25). The third kappa shape index (κ3) is 3.51. The van der Waals surface area contributed by atoms with E-state index in [9.17, 15) is 9.59 Å². The number of aromatic nitrogens is 3. The maximum absolute atomic E-state index is 12.9. The highest BCUT2D eigenvalue weighted by molar-refractivity contribution is 7.18. The number of rotatable bonds is 5. The van der Waals surface area contributed by atoms with Crippen molar-refractivity contribution < 1.29 is 14.0 Å². The molecule has 0 aliphatic carbocycles. The number of nitrogens with zero attached hydrogens (tertiary/aromatic N) is 3. The van der Waals surface area contributed by atoms with Gasteiger partial charge in [0.05, 0.1) is 11.8 Å². The van der Waals surface area contributed by atoms with Gasteiger partial charge in [0.15, 0.2) is 10.9 Å². The fourth-order valence-electron chi connectivity index (χ4n) is 2.39. The number of thiazole rings is 1. The highest BCUT2D eigenvalue weighted by Gasteiger charge is 2.24. The van der Waals surface area contributed by atoms with Crippen LogP contribution in [0.5, 0.6) is 0 Å². The Kier molecular flexibility index (Phi) is 4.54. The summed E-state index contributed by atoms with van der Waals surface area (Å²) in [5.74, 6) is -0.214. The molecule has 0 radical (unpaired) electrons. The van der Waals surface area contributed by atoms with Crippen LogP contribution in [0.3, 0.4) is 0 Å². The predicted molar refractivity (Wildman–Crippen MR) is 99.7 cm³/mol. The van der Waals surface area contributed by atoms with Gasteiger partial charge in [0, 0.05) is 18.6 Å². The van der Waals surface area contributed by atoms with Crippen molar-refractivity contribution >= 4 is 28.2 Å². The van der Waals surface area contributed by atoms with E-state index < -0.39 is 0 Å². The first-order valence-electron chi connectivity index (χ1n) is 7.94. The monoisotopic (exact) mass is 376 g/mol. The number of nitrogens with one attached hydrogen (secondary N) is 1. The lowest BCUT2D eigenvalue weighted by Crippen LogP contribution is -2.11. The first-order valence-corrected chi connectivity index (χ1v) is 8.76. The predicted octanol–water partition coefficient (Wildman–Crippen LogP) is 3.68. The summed E-state index contributed by atoms with van der Waals surface area (Å²) in [6, 6.07) is 11.8. The molecule has 0 saturated carbocycles. The molecule has 4 heterocycles. The average Bonchev–Trinajstić information content (AvgIpc) is 3.38. The van der Waals surface area contributed by atoms with Gasteiger partial charge in [-0.3, -0.25) is 24.9 Å². The summed E-state index contributed by atoms with van der Waals surface area (Å²) in [6.45, 7) is 0. The number of hydrogen-bond donors (Lipinski definition) is 1. The van der Waals surface area contributed by atoms with Crippen LogP contribution < -0.4 is 5.32 Å². The Hall–Kier alpha value is -3.65. The van der Waals surface area contributed by atoms with Crippen molar-refractivity contribution in [3.63, 3.8) is 0 Å². The number of anilines is 1. The van der Waals surface area contributed by atoms with Gasteiger partial charge in [0.2, 0.25) is 5.78 Å². The Morgan fingerprint density at radius 1 is 1.04 bits per heavy atom. The molecule has 0 spiro atoms. The maximum Gasteiger partial charge on any atom is 0.259 e. The van der Waals surface area contributed by atoms with E-state index in [2.05, 4.69) is 20.3 Å². The van der Waals surface area contributed by atoms with Crippen molar-refractivity contribution in [2.75, 3.05) is 5.32 Å². The van der Waals surface area contributed by atoms with Crippen molar-refractivity contribution in [1.29, 1.82) is 0 Å². The molecule has 0 aliphatic rings. The van der Waals surface area contributed by atoms with E-state index in [1.807, 2.05) is 0 Å². The van der Waals surface area contributed by atoms with Crippen LogP contribution in [0.1, 0.15) is 25.7 Å². The smallest absolute Gasteiger partial charge is 0.259 e. The zero-order valence-electron chi connectivity index (χ0n) is 13.8. The van der Waals surface area contributed by atoms with Gasteiger partial charge in [0.25, 0.3) is 5.91 Å². The van der Waals surface area contributed by atoms with Crippen LogP contribution in [0.2, 0.25) is 0 Å². The lowest BCUT2D eigenvalue weighted by Gasteiger charge is -2.00. The summed E-state index contributed by atoms with van der Waals surface area (Å²) in [5, 5.41) is 2.99. The van der Waals surface area contributed by atoms with E-state index >= 15 is 0 Å². The average molecular weight is 376 g/mol. The van der Waals surface area contributed by atoms with Crippen LogP contribution >= 0.6 is 11.3 Å². The Labute approximate surface area is 157 Å². The van der Waals surface area contributed by atoms with Crippen molar-refractivity contribution in [2.24, 2.45) is 0 Å². The van der Waals surface area contributed by atoms with Crippen molar-refractivity contribution in [3.8, 4) is 11.5 Å². The Morgan fingerprint density at radius 3 is 2.67 bits per heavy atom. The maximum atomic E-state index is 12.9. The summed E-state index contributed by atoms with van der Waals surface area (Å²) in [4.78, 5) is 38.0. The topological polar surface area (TPSA) is 98.0 Å². The Bertz CT molecular complexity index is 1080. The second-order valence-electron chi connectivity index (χ2n) is 5.41. The van der Waals surface area contributed by atoms with Crippen molar-refractivity contribution in [3.05, 3.63) is 83.5 Å². The molecule has 1 N–H and O–H groups in total. The van der Waals surface area contributed by atoms with Gasteiger partial charge in [-0.1, -0.05) is 17.4 Å². The SMILES string of the molecule is O=C(Nc1nc(-c2ccco2)c(C(=O)c2ccccn2)s1)c1cccnc1. The zero-order chi connectivity index (χ0) is 18.6. The van der Waals surface area contributed by atoms with Crippen LogP contribution in [0.4, 0.5) is 5.13 Å². The summed E-state index contributed by atoms with van der Waals surface area (Å²) < 4.78 is 5.40. The lowest BCUT2D eigenvalue weighted by atomic mass is 10.1. The molecule has 8 heteroatoms. The molecule has 4 rings (SSSR count). The second-order valence-corrected chi connectivity index (χ2v) is 6.41. The van der Waals surface area contributed by atoms with Gasteiger partial charge in [-0.25, -0.2) is 4.98 Å². The van der Waals surface area contributed by atoms with Crippen LogP contribution in [-0.4, -0.2) is 26.6 Å². The van der Waals surface area contributed by atoms with E-state index in [4.69, 9.17) is 4.42 Å². The minimum Gasteiger partial charge on any atom is -0.463 e. The van der Waals surface area contributed by atoms with E-state index in [0.717, 1.165) is 11.3 Å². The third-order valence-corrected chi connectivity index (χ3v) is 4.60. The van der Waals surface area contributed by atoms with Crippen molar-refractivity contribution in [1.82, 2.24) is 15.0 Å². The van der Waals surface area contributed by atoms with Gasteiger partial charge in [-0.15, -0.1) is 0 Å². The van der Waals surface area contributed by atoms with Crippen LogP contribution in [-0.2, 0) is 0 Å². The molecule has 0 atom stereocenters. The molecule has 1 amide bonds.